The molecule has 0 spiro atoms. The van der Waals surface area contributed by atoms with Crippen LogP contribution in [0.4, 0.5) is 0 Å². The largest absolute Gasteiger partial charge is 0.469 e. The van der Waals surface area contributed by atoms with Crippen LogP contribution in [0.1, 0.15) is 36.4 Å². The molecule has 110 valence electrons. The molecule has 0 amide bonds. The molecule has 5 nitrogen and oxygen atoms in total. The van der Waals surface area contributed by atoms with Gasteiger partial charge in [-0.05, 0) is 30.4 Å². The lowest BCUT2D eigenvalue weighted by Crippen LogP contribution is -2.29. The van der Waals surface area contributed by atoms with Gasteiger partial charge < -0.3 is 4.74 Å². The highest BCUT2D eigenvalue weighted by atomic mass is 32.2. The highest BCUT2D eigenvalue weighted by molar-refractivity contribution is 7.89. The predicted molar refractivity (Wildman–Crippen MR) is 75.7 cm³/mol. The summed E-state index contributed by atoms with van der Waals surface area (Å²) in [5, 5.41) is 0. The number of carbonyl (C=O) groups excluding carboxylic acids is 1. The van der Waals surface area contributed by atoms with Crippen LogP contribution in [0.5, 0.6) is 0 Å². The summed E-state index contributed by atoms with van der Waals surface area (Å²) in [6, 6.07) is 7.73. The Balaban J connectivity index is 1.91. The fourth-order valence-electron chi connectivity index (χ4n) is 2.46. The van der Waals surface area contributed by atoms with Gasteiger partial charge in [-0.1, -0.05) is 24.3 Å². The van der Waals surface area contributed by atoms with Crippen LogP contribution in [0, 0.1) is 0 Å². The number of hydrogen-bond donors (Lipinski definition) is 1. The average molecular weight is 297 g/mol. The smallest absolute Gasteiger partial charge is 0.305 e. The molecule has 0 saturated carbocycles. The van der Waals surface area contributed by atoms with Crippen LogP contribution < -0.4 is 4.72 Å². The van der Waals surface area contributed by atoms with Gasteiger partial charge in [0.1, 0.15) is 0 Å². The molecule has 1 aliphatic carbocycles. The van der Waals surface area contributed by atoms with Crippen LogP contribution in [0.25, 0.3) is 0 Å². The second-order valence-electron chi connectivity index (χ2n) is 4.91. The Morgan fingerprint density at radius 1 is 1.40 bits per heavy atom. The van der Waals surface area contributed by atoms with E-state index in [9.17, 15) is 13.2 Å². The molecule has 1 unspecified atom stereocenters. The molecule has 1 atom stereocenters. The number of hydrogen-bond acceptors (Lipinski definition) is 4. The van der Waals surface area contributed by atoms with Gasteiger partial charge in [0, 0.05) is 12.5 Å². The van der Waals surface area contributed by atoms with Gasteiger partial charge in [-0.15, -0.1) is 0 Å². The van der Waals surface area contributed by atoms with E-state index in [4.69, 9.17) is 0 Å². The summed E-state index contributed by atoms with van der Waals surface area (Å²) in [6.45, 7) is 0. The third kappa shape index (κ3) is 3.80. The van der Waals surface area contributed by atoms with Gasteiger partial charge in [0.2, 0.25) is 10.0 Å². The topological polar surface area (TPSA) is 72.5 Å². The maximum absolute atomic E-state index is 12.0. The molecular weight excluding hydrogens is 278 g/mol. The predicted octanol–water partition coefficient (Wildman–Crippen LogP) is 1.55. The van der Waals surface area contributed by atoms with Crippen molar-refractivity contribution in [1.29, 1.82) is 0 Å². The first-order valence-electron chi connectivity index (χ1n) is 6.66. The van der Waals surface area contributed by atoms with Crippen LogP contribution in [-0.2, 0) is 26.0 Å². The van der Waals surface area contributed by atoms with E-state index in [2.05, 4.69) is 9.46 Å². The van der Waals surface area contributed by atoms with E-state index in [1.807, 2.05) is 24.3 Å². The monoisotopic (exact) mass is 297 g/mol. The Kier molecular flexibility index (Phi) is 4.77. The van der Waals surface area contributed by atoms with Crippen molar-refractivity contribution in [2.75, 3.05) is 12.9 Å². The third-order valence-corrected chi connectivity index (χ3v) is 4.95. The van der Waals surface area contributed by atoms with E-state index in [1.165, 1.54) is 12.7 Å². The van der Waals surface area contributed by atoms with E-state index in [0.717, 1.165) is 18.4 Å². The molecule has 0 aliphatic heterocycles. The highest BCUT2D eigenvalue weighted by Crippen LogP contribution is 2.31. The van der Waals surface area contributed by atoms with Crippen LogP contribution in [0.2, 0.25) is 0 Å². The zero-order chi connectivity index (χ0) is 14.6. The number of esters is 1. The summed E-state index contributed by atoms with van der Waals surface area (Å²) in [7, 11) is -2.07. The zero-order valence-electron chi connectivity index (χ0n) is 11.5. The Morgan fingerprint density at radius 2 is 2.15 bits per heavy atom. The number of carbonyl (C=O) groups is 1. The number of sulfonamides is 1. The van der Waals surface area contributed by atoms with Crippen molar-refractivity contribution >= 4 is 16.0 Å². The summed E-state index contributed by atoms with van der Waals surface area (Å²) in [5.74, 6) is -0.438. The summed E-state index contributed by atoms with van der Waals surface area (Å²) in [6.07, 6.45) is 2.08. The first-order chi connectivity index (χ1) is 9.52. The van der Waals surface area contributed by atoms with Crippen molar-refractivity contribution < 1.29 is 17.9 Å². The van der Waals surface area contributed by atoms with E-state index in [1.54, 1.807) is 0 Å². The first kappa shape index (κ1) is 15.0. The molecule has 20 heavy (non-hydrogen) atoms. The SMILES string of the molecule is COC(=O)CCCS(=O)(=O)NC1CCc2ccccc21. The maximum Gasteiger partial charge on any atom is 0.305 e. The zero-order valence-corrected chi connectivity index (χ0v) is 12.3. The minimum atomic E-state index is -3.37. The molecule has 0 bridgehead atoms. The number of fused-ring (bicyclic) bond motifs is 1. The van der Waals surface area contributed by atoms with Crippen molar-refractivity contribution in [3.63, 3.8) is 0 Å². The van der Waals surface area contributed by atoms with Gasteiger partial charge in [-0.3, -0.25) is 4.79 Å². The molecule has 1 aromatic rings. The van der Waals surface area contributed by atoms with E-state index in [-0.39, 0.29) is 30.6 Å². The van der Waals surface area contributed by atoms with Crippen LogP contribution in [0.3, 0.4) is 0 Å². The highest BCUT2D eigenvalue weighted by Gasteiger charge is 2.25. The summed E-state index contributed by atoms with van der Waals surface area (Å²) >= 11 is 0. The van der Waals surface area contributed by atoms with Crippen LogP contribution in [0.15, 0.2) is 24.3 Å². The lowest BCUT2D eigenvalue weighted by molar-refractivity contribution is -0.140. The van der Waals surface area contributed by atoms with Crippen LogP contribution in [-0.4, -0.2) is 27.2 Å². The molecule has 6 heteroatoms. The van der Waals surface area contributed by atoms with Gasteiger partial charge in [0.15, 0.2) is 0 Å². The molecule has 0 saturated heterocycles. The second-order valence-corrected chi connectivity index (χ2v) is 6.78. The summed E-state index contributed by atoms with van der Waals surface area (Å²) < 4.78 is 31.2. The molecule has 1 N–H and O–H groups in total. The normalized spacial score (nSPS) is 17.8. The fourth-order valence-corrected chi connectivity index (χ4v) is 3.78. The van der Waals surface area contributed by atoms with E-state index < -0.39 is 10.0 Å². The average Bonchev–Trinajstić information content (AvgIpc) is 2.81. The van der Waals surface area contributed by atoms with Crippen molar-refractivity contribution in [3.05, 3.63) is 35.4 Å². The molecule has 0 fully saturated rings. The number of ether oxygens (including phenoxy) is 1. The molecule has 0 aromatic heterocycles. The number of benzene rings is 1. The van der Waals surface area contributed by atoms with Crippen molar-refractivity contribution in [2.24, 2.45) is 0 Å². The fraction of sp³-hybridized carbons (Fsp3) is 0.500. The number of methoxy groups -OCH3 is 1. The third-order valence-electron chi connectivity index (χ3n) is 3.48. The van der Waals surface area contributed by atoms with Gasteiger partial charge in [-0.25, -0.2) is 13.1 Å². The van der Waals surface area contributed by atoms with E-state index in [0.29, 0.717) is 0 Å². The van der Waals surface area contributed by atoms with Gasteiger partial charge in [0.25, 0.3) is 0 Å². The van der Waals surface area contributed by atoms with Crippen molar-refractivity contribution in [3.8, 4) is 0 Å². The quantitative estimate of drug-likeness (QED) is 0.809. The molecule has 2 rings (SSSR count). The Bertz CT molecular complexity index is 583. The number of nitrogens with one attached hydrogen (secondary N) is 1. The summed E-state index contributed by atoms with van der Waals surface area (Å²) in [5.41, 5.74) is 2.26. The van der Waals surface area contributed by atoms with Crippen molar-refractivity contribution in [2.45, 2.75) is 31.7 Å². The standard InChI is InChI=1S/C14H19NO4S/c1-19-14(16)7-4-10-20(17,18)15-13-9-8-11-5-2-3-6-12(11)13/h2-3,5-6,13,15H,4,7-10H2,1H3. The van der Waals surface area contributed by atoms with Crippen molar-refractivity contribution in [1.82, 2.24) is 4.72 Å². The molecule has 1 aromatic carbocycles. The summed E-state index contributed by atoms with van der Waals surface area (Å²) in [4.78, 5) is 11.0. The minimum Gasteiger partial charge on any atom is -0.469 e. The number of rotatable bonds is 6. The number of aryl methyl sites for hydroxylation is 1. The first-order valence-corrected chi connectivity index (χ1v) is 8.31. The lowest BCUT2D eigenvalue weighted by Gasteiger charge is -2.14. The van der Waals surface area contributed by atoms with E-state index >= 15 is 0 Å². The second kappa shape index (κ2) is 6.37. The minimum absolute atomic E-state index is 0.0548. The Hall–Kier alpha value is -1.40. The van der Waals surface area contributed by atoms with Gasteiger partial charge in [-0.2, -0.15) is 0 Å². The molecule has 1 aliphatic rings. The Labute approximate surface area is 119 Å². The molecule has 0 radical (unpaired) electrons. The van der Waals surface area contributed by atoms with Gasteiger partial charge >= 0.3 is 5.97 Å². The van der Waals surface area contributed by atoms with Crippen LogP contribution >= 0.6 is 0 Å². The Morgan fingerprint density at radius 3 is 2.90 bits per heavy atom. The molecular formula is C14H19NO4S. The maximum atomic E-state index is 12.0. The molecule has 0 heterocycles. The lowest BCUT2D eigenvalue weighted by atomic mass is 10.1. The van der Waals surface area contributed by atoms with Gasteiger partial charge in [0.05, 0.1) is 12.9 Å².